The van der Waals surface area contributed by atoms with Crippen LogP contribution in [0, 0.1) is 0 Å². The van der Waals surface area contributed by atoms with Gasteiger partial charge in [-0.3, -0.25) is 0 Å². The summed E-state index contributed by atoms with van der Waals surface area (Å²) in [5, 5.41) is 3.38. The second kappa shape index (κ2) is 4.71. The first kappa shape index (κ1) is 10.6. The number of pyridine rings is 1. The Kier molecular flexibility index (Phi) is 3.32. The minimum atomic E-state index is -0.150. The number of anilines is 1. The molecule has 2 aromatic heterocycles. The molecule has 0 atom stereocenters. The molecule has 3 radical (unpaired) electrons. The standard InChI is InChI=1S/C9H6N3OS.Sn/c13-8(7-1-3-10-4-2-7)12-9-11-5-6-14-9;/h1-5H,(H,11,12,13);. The molecule has 1 N–H and O–H groups in total. The first-order valence-corrected chi connectivity index (χ1v) is 6.39. The third-order valence-corrected chi connectivity index (χ3v) is 3.64. The van der Waals surface area contributed by atoms with E-state index in [0.29, 0.717) is 10.7 Å². The number of hydrogen-bond acceptors (Lipinski definition) is 4. The number of nitrogens with one attached hydrogen (secondary N) is 1. The van der Waals surface area contributed by atoms with Crippen LogP contribution in [0.1, 0.15) is 10.4 Å². The van der Waals surface area contributed by atoms with E-state index in [1.807, 2.05) is 0 Å². The Morgan fingerprint density at radius 1 is 1.40 bits per heavy atom. The molecule has 1 amide bonds. The zero-order valence-electron chi connectivity index (χ0n) is 7.60. The summed E-state index contributed by atoms with van der Waals surface area (Å²) in [4.78, 5) is 19.6. The van der Waals surface area contributed by atoms with E-state index in [2.05, 4.69) is 15.3 Å². The van der Waals surface area contributed by atoms with Crippen molar-refractivity contribution in [1.29, 1.82) is 0 Å². The average Bonchev–Trinajstić information content (AvgIpc) is 2.65. The van der Waals surface area contributed by atoms with E-state index in [4.69, 9.17) is 0 Å². The summed E-state index contributed by atoms with van der Waals surface area (Å²) in [6, 6.07) is 3.34. The molecule has 6 heteroatoms. The van der Waals surface area contributed by atoms with Gasteiger partial charge >= 0.3 is 104 Å². The van der Waals surface area contributed by atoms with Crippen LogP contribution in [0.5, 0.6) is 0 Å². The Labute approximate surface area is 104 Å². The Balaban J connectivity index is 2.11. The van der Waals surface area contributed by atoms with Crippen LogP contribution in [0.15, 0.2) is 30.7 Å². The molecule has 0 saturated carbocycles. The molecule has 2 rings (SSSR count). The van der Waals surface area contributed by atoms with E-state index in [-0.39, 0.29) is 5.91 Å². The number of carbonyl (C=O) groups is 1. The summed E-state index contributed by atoms with van der Waals surface area (Å²) < 4.78 is 1.16. The maximum absolute atomic E-state index is 11.7. The van der Waals surface area contributed by atoms with Gasteiger partial charge in [-0.25, -0.2) is 0 Å². The van der Waals surface area contributed by atoms with Gasteiger partial charge in [0.15, 0.2) is 0 Å². The van der Waals surface area contributed by atoms with E-state index < -0.39 is 0 Å². The summed E-state index contributed by atoms with van der Waals surface area (Å²) in [6.07, 6.45) is 4.95. The molecule has 0 aliphatic carbocycles. The summed E-state index contributed by atoms with van der Waals surface area (Å²) in [5.41, 5.74) is 0.589. The van der Waals surface area contributed by atoms with Crippen molar-refractivity contribution < 1.29 is 4.79 Å². The second-order valence-corrected chi connectivity index (χ2v) is 6.32. The molecule has 0 fully saturated rings. The van der Waals surface area contributed by atoms with Crippen LogP contribution in [0.4, 0.5) is 5.13 Å². The second-order valence-electron chi connectivity index (χ2n) is 2.72. The maximum atomic E-state index is 11.7. The number of carbonyl (C=O) groups excluding carboxylic acids is 1. The number of rotatable bonds is 2. The molecule has 0 aromatic carbocycles. The van der Waals surface area contributed by atoms with Crippen molar-refractivity contribution in [1.82, 2.24) is 9.97 Å². The van der Waals surface area contributed by atoms with Gasteiger partial charge in [-0.15, -0.1) is 0 Å². The Bertz CT molecular complexity index is 471. The first-order chi connectivity index (χ1) is 7.25. The van der Waals surface area contributed by atoms with Crippen LogP contribution < -0.4 is 8.21 Å². The van der Waals surface area contributed by atoms with Crippen molar-refractivity contribution in [3.8, 4) is 0 Å². The van der Waals surface area contributed by atoms with E-state index in [0.717, 1.165) is 2.89 Å². The van der Waals surface area contributed by atoms with Crippen LogP contribution in [0.2, 0.25) is 0 Å². The van der Waals surface area contributed by atoms with E-state index >= 15 is 0 Å². The van der Waals surface area contributed by atoms with Gasteiger partial charge in [-0.05, 0) is 0 Å². The molecule has 2 heterocycles. The van der Waals surface area contributed by atoms with Gasteiger partial charge < -0.3 is 0 Å². The molecule has 0 bridgehead atoms. The SMILES string of the molecule is O=C(Nc1nc[c]([Sn])s1)c1ccncc1. The number of hydrogen-bond donors (Lipinski definition) is 1. The van der Waals surface area contributed by atoms with Gasteiger partial charge in [0, 0.05) is 0 Å². The molecule has 73 valence electrons. The average molecular weight is 323 g/mol. The van der Waals surface area contributed by atoms with Crippen molar-refractivity contribution in [2.45, 2.75) is 0 Å². The topological polar surface area (TPSA) is 54.9 Å². The van der Waals surface area contributed by atoms with Gasteiger partial charge in [-0.2, -0.15) is 0 Å². The third-order valence-electron chi connectivity index (χ3n) is 1.67. The molecule has 0 spiro atoms. The van der Waals surface area contributed by atoms with Gasteiger partial charge in [0.1, 0.15) is 0 Å². The fourth-order valence-electron chi connectivity index (χ4n) is 1.00. The molecular formula is C9H6N3OSSn. The van der Waals surface area contributed by atoms with Gasteiger partial charge in [-0.1, -0.05) is 0 Å². The van der Waals surface area contributed by atoms with Crippen LogP contribution in [-0.2, 0) is 0 Å². The third kappa shape index (κ3) is 2.75. The summed E-state index contributed by atoms with van der Waals surface area (Å²) in [6.45, 7) is 0. The van der Waals surface area contributed by atoms with E-state index in [9.17, 15) is 4.79 Å². The van der Waals surface area contributed by atoms with Gasteiger partial charge in [0.2, 0.25) is 0 Å². The van der Waals surface area contributed by atoms with Crippen molar-refractivity contribution in [3.63, 3.8) is 0 Å². The van der Waals surface area contributed by atoms with E-state index in [1.54, 1.807) is 30.7 Å². The predicted octanol–water partition coefficient (Wildman–Crippen LogP) is 0.584. The van der Waals surface area contributed by atoms with Gasteiger partial charge in [0.25, 0.3) is 0 Å². The van der Waals surface area contributed by atoms with Crippen LogP contribution in [0.25, 0.3) is 0 Å². The summed E-state index contributed by atoms with van der Waals surface area (Å²) in [5.74, 6) is -0.150. The van der Waals surface area contributed by atoms with Crippen LogP contribution >= 0.6 is 11.3 Å². The molecule has 15 heavy (non-hydrogen) atoms. The predicted molar refractivity (Wildman–Crippen MR) is 59.7 cm³/mol. The Morgan fingerprint density at radius 3 is 2.73 bits per heavy atom. The van der Waals surface area contributed by atoms with Crippen molar-refractivity contribution in [2.24, 2.45) is 0 Å². The molecular weight excluding hydrogens is 317 g/mol. The van der Waals surface area contributed by atoms with Crippen LogP contribution in [0.3, 0.4) is 0 Å². The zero-order valence-corrected chi connectivity index (χ0v) is 11.3. The number of thiazole rings is 1. The van der Waals surface area contributed by atoms with E-state index in [1.165, 1.54) is 33.9 Å². The Morgan fingerprint density at radius 2 is 2.13 bits per heavy atom. The monoisotopic (exact) mass is 324 g/mol. The number of nitrogens with zero attached hydrogens (tertiary/aromatic N) is 2. The molecule has 0 unspecified atom stereocenters. The molecule has 4 nitrogen and oxygen atoms in total. The van der Waals surface area contributed by atoms with Crippen molar-refractivity contribution >= 4 is 47.8 Å². The number of aromatic nitrogens is 2. The van der Waals surface area contributed by atoms with Gasteiger partial charge in [0.05, 0.1) is 0 Å². The van der Waals surface area contributed by atoms with Crippen LogP contribution in [-0.4, -0.2) is 38.4 Å². The summed E-state index contributed by atoms with van der Waals surface area (Å²) in [7, 11) is 0. The van der Waals surface area contributed by atoms with Crippen molar-refractivity contribution in [2.75, 3.05) is 5.32 Å². The molecule has 0 saturated heterocycles. The first-order valence-electron chi connectivity index (χ1n) is 4.14. The minimum absolute atomic E-state index is 0.150. The zero-order chi connectivity index (χ0) is 10.7. The normalized spacial score (nSPS) is 9.93. The fraction of sp³-hybridized carbons (Fsp3) is 0. The molecule has 0 aliphatic heterocycles. The Hall–Kier alpha value is -0.951. The molecule has 2 aromatic rings. The summed E-state index contributed by atoms with van der Waals surface area (Å²) >= 11 is 2.80. The molecule has 0 aliphatic rings. The number of amides is 1. The quantitative estimate of drug-likeness (QED) is 0.823. The fourth-order valence-corrected chi connectivity index (χ4v) is 2.58. The van der Waals surface area contributed by atoms with Crippen molar-refractivity contribution in [3.05, 3.63) is 36.3 Å².